The van der Waals surface area contributed by atoms with Crippen LogP contribution in [0.3, 0.4) is 0 Å². The molecule has 0 aliphatic carbocycles. The normalized spacial score (nSPS) is 16.6. The monoisotopic (exact) mass is 405 g/mol. The molecule has 4 rings (SSSR count). The van der Waals surface area contributed by atoms with Gasteiger partial charge >= 0.3 is 0 Å². The zero-order valence-electron chi connectivity index (χ0n) is 14.3. The number of nitrogens with one attached hydrogen (secondary N) is 2. The van der Waals surface area contributed by atoms with E-state index in [4.69, 9.17) is 32.7 Å². The Bertz CT molecular complexity index is 983. The van der Waals surface area contributed by atoms with E-state index < -0.39 is 0 Å². The third kappa shape index (κ3) is 4.18. The molecule has 0 spiro atoms. The van der Waals surface area contributed by atoms with Crippen molar-refractivity contribution in [2.45, 2.75) is 18.9 Å². The molecule has 1 fully saturated rings. The number of anilines is 1. The van der Waals surface area contributed by atoms with Gasteiger partial charge in [0.05, 0.1) is 16.1 Å². The average Bonchev–Trinajstić information content (AvgIpc) is 3.30. The minimum absolute atomic E-state index is 0.0213. The van der Waals surface area contributed by atoms with Gasteiger partial charge in [-0.15, -0.1) is 0 Å². The second-order valence-electron chi connectivity index (χ2n) is 6.27. The number of halogens is 2. The number of amides is 1. The highest BCUT2D eigenvalue weighted by molar-refractivity contribution is 6.35. The fourth-order valence-corrected chi connectivity index (χ4v) is 3.45. The molecule has 1 saturated heterocycles. The zero-order valence-corrected chi connectivity index (χ0v) is 15.8. The number of hydrogen-bond acceptors (Lipinski definition) is 4. The van der Waals surface area contributed by atoms with Crippen molar-refractivity contribution in [1.29, 1.82) is 0 Å². The molecule has 1 amide bonds. The van der Waals surface area contributed by atoms with Gasteiger partial charge in [0.25, 0.3) is 5.91 Å². The summed E-state index contributed by atoms with van der Waals surface area (Å²) >= 11 is 11.9. The lowest BCUT2D eigenvalue weighted by atomic mass is 10.2. The maximum absolute atomic E-state index is 12.2. The lowest BCUT2D eigenvalue weighted by molar-refractivity contribution is -0.118. The fraction of sp³-hybridized carbons (Fsp3) is 0.263. The molecular weight excluding hydrogens is 389 g/mol. The zero-order chi connectivity index (χ0) is 18.8. The van der Waals surface area contributed by atoms with Crippen LogP contribution in [0.15, 0.2) is 36.4 Å². The summed E-state index contributed by atoms with van der Waals surface area (Å²) in [6.07, 6.45) is 2.03. The van der Waals surface area contributed by atoms with Crippen molar-refractivity contribution in [1.82, 2.24) is 9.97 Å². The number of benzene rings is 2. The number of aromatic nitrogens is 2. The Hall–Kier alpha value is -2.28. The molecule has 8 heteroatoms. The summed E-state index contributed by atoms with van der Waals surface area (Å²) < 4.78 is 11.1. The van der Waals surface area contributed by atoms with Gasteiger partial charge in [-0.25, -0.2) is 4.98 Å². The third-order valence-electron chi connectivity index (χ3n) is 4.27. The molecule has 6 nitrogen and oxygen atoms in total. The second-order valence-corrected chi connectivity index (χ2v) is 7.11. The van der Waals surface area contributed by atoms with Crippen LogP contribution in [0.5, 0.6) is 5.75 Å². The first-order valence-electron chi connectivity index (χ1n) is 8.57. The van der Waals surface area contributed by atoms with Crippen LogP contribution < -0.4 is 10.1 Å². The van der Waals surface area contributed by atoms with E-state index in [-0.39, 0.29) is 18.6 Å². The van der Waals surface area contributed by atoms with Crippen LogP contribution in [-0.4, -0.2) is 29.1 Å². The lowest BCUT2D eigenvalue weighted by Gasteiger charge is -2.09. The van der Waals surface area contributed by atoms with Gasteiger partial charge in [-0.1, -0.05) is 23.2 Å². The Morgan fingerprint density at radius 1 is 1.30 bits per heavy atom. The SMILES string of the molecule is O=C(COc1ccc(Cl)cc1Cl)Nc1ccc2nc([C@@H]3CCCO3)[nH]c2c1. The summed E-state index contributed by atoms with van der Waals surface area (Å²) in [5.41, 5.74) is 2.34. The van der Waals surface area contributed by atoms with Gasteiger partial charge in [-0.05, 0) is 49.2 Å². The smallest absolute Gasteiger partial charge is 0.262 e. The van der Waals surface area contributed by atoms with E-state index in [1.807, 2.05) is 12.1 Å². The molecule has 1 atom stereocenters. The minimum Gasteiger partial charge on any atom is -0.482 e. The van der Waals surface area contributed by atoms with Gasteiger partial charge in [-0.2, -0.15) is 0 Å². The molecule has 0 saturated carbocycles. The molecule has 140 valence electrons. The summed E-state index contributed by atoms with van der Waals surface area (Å²) in [5, 5.41) is 3.67. The molecule has 3 aromatic rings. The summed E-state index contributed by atoms with van der Waals surface area (Å²) in [6.45, 7) is 0.601. The number of hydrogen-bond donors (Lipinski definition) is 2. The molecule has 0 bridgehead atoms. The molecule has 2 N–H and O–H groups in total. The first-order chi connectivity index (χ1) is 13.1. The predicted octanol–water partition coefficient (Wildman–Crippen LogP) is 4.74. The van der Waals surface area contributed by atoms with Crippen molar-refractivity contribution in [3.8, 4) is 5.75 Å². The van der Waals surface area contributed by atoms with E-state index in [0.29, 0.717) is 21.5 Å². The Morgan fingerprint density at radius 3 is 2.96 bits per heavy atom. The fourth-order valence-electron chi connectivity index (χ4n) is 2.99. The lowest BCUT2D eigenvalue weighted by Crippen LogP contribution is -2.20. The van der Waals surface area contributed by atoms with Crippen molar-refractivity contribution in [2.75, 3.05) is 18.5 Å². The Morgan fingerprint density at radius 2 is 2.19 bits per heavy atom. The Kier molecular flexibility index (Phi) is 5.20. The van der Waals surface area contributed by atoms with Crippen LogP contribution in [0.4, 0.5) is 5.69 Å². The number of nitrogens with zero attached hydrogens (tertiary/aromatic N) is 1. The van der Waals surface area contributed by atoms with Gasteiger partial charge in [0, 0.05) is 17.3 Å². The van der Waals surface area contributed by atoms with E-state index in [1.165, 1.54) is 0 Å². The van der Waals surface area contributed by atoms with E-state index in [0.717, 1.165) is 36.3 Å². The Labute approximate surface area is 165 Å². The minimum atomic E-state index is -0.292. The van der Waals surface area contributed by atoms with E-state index in [1.54, 1.807) is 24.3 Å². The Balaban J connectivity index is 1.40. The predicted molar refractivity (Wildman–Crippen MR) is 105 cm³/mol. The first-order valence-corrected chi connectivity index (χ1v) is 9.33. The summed E-state index contributed by atoms with van der Waals surface area (Å²) in [5.74, 6) is 0.937. The molecular formula is C19H17Cl2N3O3. The van der Waals surface area contributed by atoms with Crippen LogP contribution in [0.2, 0.25) is 10.0 Å². The largest absolute Gasteiger partial charge is 0.482 e. The number of rotatable bonds is 5. The summed E-state index contributed by atoms with van der Waals surface area (Å²) in [4.78, 5) is 20.0. The standard InChI is InChI=1S/C19H17Cl2N3O3/c20-11-3-6-16(13(21)8-11)27-10-18(25)22-12-4-5-14-15(9-12)24-19(23-14)17-2-1-7-26-17/h3-6,8-9,17H,1-2,7,10H2,(H,22,25)(H,23,24)/t17-/m0/s1. The highest BCUT2D eigenvalue weighted by Crippen LogP contribution is 2.29. The van der Waals surface area contributed by atoms with Crippen molar-refractivity contribution in [3.63, 3.8) is 0 Å². The van der Waals surface area contributed by atoms with E-state index in [2.05, 4.69) is 15.3 Å². The molecule has 2 aromatic carbocycles. The number of aromatic amines is 1. The molecule has 2 heterocycles. The number of imidazole rings is 1. The quantitative estimate of drug-likeness (QED) is 0.642. The first kappa shape index (κ1) is 18.1. The van der Waals surface area contributed by atoms with Crippen LogP contribution in [-0.2, 0) is 9.53 Å². The topological polar surface area (TPSA) is 76.2 Å². The van der Waals surface area contributed by atoms with Crippen molar-refractivity contribution in [3.05, 3.63) is 52.3 Å². The van der Waals surface area contributed by atoms with Gasteiger partial charge in [0.2, 0.25) is 0 Å². The number of carbonyl (C=O) groups is 1. The third-order valence-corrected chi connectivity index (χ3v) is 4.80. The maximum atomic E-state index is 12.2. The molecule has 0 unspecified atom stereocenters. The van der Waals surface area contributed by atoms with Crippen LogP contribution in [0.25, 0.3) is 11.0 Å². The number of carbonyl (C=O) groups excluding carboxylic acids is 1. The highest BCUT2D eigenvalue weighted by Gasteiger charge is 2.21. The number of ether oxygens (including phenoxy) is 2. The second kappa shape index (κ2) is 7.76. The summed E-state index contributed by atoms with van der Waals surface area (Å²) in [6, 6.07) is 10.3. The highest BCUT2D eigenvalue weighted by atomic mass is 35.5. The van der Waals surface area contributed by atoms with Crippen molar-refractivity contribution >= 4 is 45.8 Å². The van der Waals surface area contributed by atoms with Crippen LogP contribution in [0, 0.1) is 0 Å². The van der Waals surface area contributed by atoms with Gasteiger partial charge < -0.3 is 19.8 Å². The van der Waals surface area contributed by atoms with Gasteiger partial charge in [-0.3, -0.25) is 4.79 Å². The van der Waals surface area contributed by atoms with Crippen molar-refractivity contribution in [2.24, 2.45) is 0 Å². The summed E-state index contributed by atoms with van der Waals surface area (Å²) in [7, 11) is 0. The average molecular weight is 406 g/mol. The van der Waals surface area contributed by atoms with Gasteiger partial charge in [0.1, 0.15) is 17.7 Å². The molecule has 1 aliphatic rings. The number of H-pyrrole nitrogens is 1. The maximum Gasteiger partial charge on any atom is 0.262 e. The molecule has 0 radical (unpaired) electrons. The van der Waals surface area contributed by atoms with Gasteiger partial charge in [0.15, 0.2) is 6.61 Å². The number of fused-ring (bicyclic) bond motifs is 1. The van der Waals surface area contributed by atoms with E-state index >= 15 is 0 Å². The molecule has 27 heavy (non-hydrogen) atoms. The van der Waals surface area contributed by atoms with E-state index in [9.17, 15) is 4.79 Å². The molecule has 1 aromatic heterocycles. The van der Waals surface area contributed by atoms with Crippen LogP contribution in [0.1, 0.15) is 24.8 Å². The van der Waals surface area contributed by atoms with Crippen molar-refractivity contribution < 1.29 is 14.3 Å². The van der Waals surface area contributed by atoms with Crippen LogP contribution >= 0.6 is 23.2 Å². The molecule has 1 aliphatic heterocycles.